The minimum absolute atomic E-state index is 0.00852. The Bertz CT molecular complexity index is 960. The van der Waals surface area contributed by atoms with E-state index in [9.17, 15) is 30.0 Å². The molecule has 0 amide bonds. The van der Waals surface area contributed by atoms with Crippen LogP contribution in [0.4, 0.5) is 0 Å². The standard InChI is InChI=1S/C22H22O10/c1-29-15-7-11(8-16(30-2)19(15)23)5-13(21(25)26)14(22(27)28)6-12-9-17(31-3)20(24)18(10-12)32-4/h5-10,23-24H,1-4H3,(H,25,26)(H,27,28)/b13-5+,14-6+. The fraction of sp³-hybridized carbons (Fsp3) is 0.182. The Labute approximate surface area is 183 Å². The van der Waals surface area contributed by atoms with Gasteiger partial charge in [0.2, 0.25) is 11.5 Å². The lowest BCUT2D eigenvalue weighted by molar-refractivity contribution is -0.136. The number of hydrogen-bond donors (Lipinski definition) is 4. The monoisotopic (exact) mass is 446 g/mol. The zero-order valence-corrected chi connectivity index (χ0v) is 17.7. The van der Waals surface area contributed by atoms with Gasteiger partial charge >= 0.3 is 11.9 Å². The normalized spacial score (nSPS) is 11.6. The van der Waals surface area contributed by atoms with Crippen LogP contribution in [0.2, 0.25) is 0 Å². The molecule has 2 aromatic carbocycles. The molecular weight excluding hydrogens is 424 g/mol. The molecule has 32 heavy (non-hydrogen) atoms. The van der Waals surface area contributed by atoms with Crippen LogP contribution >= 0.6 is 0 Å². The van der Waals surface area contributed by atoms with Crippen LogP contribution in [0.3, 0.4) is 0 Å². The van der Waals surface area contributed by atoms with Crippen molar-refractivity contribution in [1.29, 1.82) is 0 Å². The maximum absolute atomic E-state index is 11.9. The second kappa shape index (κ2) is 10.1. The summed E-state index contributed by atoms with van der Waals surface area (Å²) in [6.45, 7) is 0. The van der Waals surface area contributed by atoms with Crippen LogP contribution in [0.1, 0.15) is 11.1 Å². The van der Waals surface area contributed by atoms with Crippen molar-refractivity contribution in [1.82, 2.24) is 0 Å². The van der Waals surface area contributed by atoms with Gasteiger partial charge in [-0.1, -0.05) is 0 Å². The van der Waals surface area contributed by atoms with Gasteiger partial charge in [0.15, 0.2) is 23.0 Å². The quantitative estimate of drug-likeness (QED) is 0.334. The predicted octanol–water partition coefficient (Wildman–Crippen LogP) is 2.77. The lowest BCUT2D eigenvalue weighted by Crippen LogP contribution is -2.11. The van der Waals surface area contributed by atoms with Crippen molar-refractivity contribution in [2.24, 2.45) is 0 Å². The summed E-state index contributed by atoms with van der Waals surface area (Å²) in [6, 6.07) is 5.31. The number of phenolic OH excluding ortho intramolecular Hbond substituents is 2. The first-order chi connectivity index (χ1) is 15.2. The molecule has 0 bridgehead atoms. The number of carbonyl (C=O) groups is 2. The van der Waals surface area contributed by atoms with Crippen LogP contribution in [-0.2, 0) is 9.59 Å². The number of benzene rings is 2. The SMILES string of the molecule is COc1cc(/C=C(C(=O)O)\C(=C/c2cc(OC)c(O)c(OC)c2)C(=O)O)cc(OC)c1O. The van der Waals surface area contributed by atoms with E-state index >= 15 is 0 Å². The molecule has 0 atom stereocenters. The average molecular weight is 446 g/mol. The summed E-state index contributed by atoms with van der Waals surface area (Å²) in [7, 11) is 5.20. The van der Waals surface area contributed by atoms with E-state index in [-0.39, 0.29) is 45.6 Å². The molecule has 0 aliphatic carbocycles. The van der Waals surface area contributed by atoms with Crippen LogP contribution in [-0.4, -0.2) is 60.8 Å². The van der Waals surface area contributed by atoms with Gasteiger partial charge in [0, 0.05) is 0 Å². The van der Waals surface area contributed by atoms with E-state index in [0.717, 1.165) is 12.2 Å². The minimum Gasteiger partial charge on any atom is -0.502 e. The number of phenols is 2. The molecule has 2 rings (SSSR count). The Morgan fingerprint density at radius 1 is 0.625 bits per heavy atom. The van der Waals surface area contributed by atoms with Gasteiger partial charge in [0.05, 0.1) is 39.6 Å². The summed E-state index contributed by atoms with van der Waals surface area (Å²) in [4.78, 5) is 23.9. The number of ether oxygens (including phenoxy) is 4. The number of methoxy groups -OCH3 is 4. The Balaban J connectivity index is 2.72. The molecule has 170 valence electrons. The van der Waals surface area contributed by atoms with Crippen molar-refractivity contribution in [2.45, 2.75) is 0 Å². The lowest BCUT2D eigenvalue weighted by atomic mass is 9.99. The van der Waals surface area contributed by atoms with Crippen molar-refractivity contribution >= 4 is 24.1 Å². The third kappa shape index (κ3) is 5.04. The fourth-order valence-electron chi connectivity index (χ4n) is 2.84. The van der Waals surface area contributed by atoms with Gasteiger partial charge in [-0.15, -0.1) is 0 Å². The summed E-state index contributed by atoms with van der Waals surface area (Å²) in [5.74, 6) is -3.57. The minimum atomic E-state index is -1.51. The molecule has 0 saturated carbocycles. The molecule has 0 fully saturated rings. The number of carboxylic acids is 2. The molecule has 10 nitrogen and oxygen atoms in total. The highest BCUT2D eigenvalue weighted by atomic mass is 16.5. The second-order valence-corrected chi connectivity index (χ2v) is 6.27. The van der Waals surface area contributed by atoms with Gasteiger partial charge in [0.1, 0.15) is 0 Å². The highest BCUT2D eigenvalue weighted by Gasteiger charge is 2.22. The largest absolute Gasteiger partial charge is 0.502 e. The van der Waals surface area contributed by atoms with Gasteiger partial charge in [-0.05, 0) is 47.5 Å². The van der Waals surface area contributed by atoms with E-state index in [1.54, 1.807) is 0 Å². The smallest absolute Gasteiger partial charge is 0.336 e. The van der Waals surface area contributed by atoms with E-state index in [1.165, 1.54) is 52.7 Å². The third-order valence-electron chi connectivity index (χ3n) is 4.38. The molecule has 0 aliphatic heterocycles. The summed E-state index contributed by atoms with van der Waals surface area (Å²) >= 11 is 0. The maximum Gasteiger partial charge on any atom is 0.336 e. The Hall–Kier alpha value is -4.34. The van der Waals surface area contributed by atoms with Gasteiger partial charge in [-0.3, -0.25) is 0 Å². The highest BCUT2D eigenvalue weighted by molar-refractivity contribution is 6.11. The van der Waals surface area contributed by atoms with Crippen molar-refractivity contribution < 1.29 is 49.0 Å². The number of hydrogen-bond acceptors (Lipinski definition) is 8. The number of rotatable bonds is 9. The molecule has 2 aromatic rings. The molecule has 0 aromatic heterocycles. The van der Waals surface area contributed by atoms with Crippen LogP contribution in [0, 0.1) is 0 Å². The van der Waals surface area contributed by atoms with Crippen molar-refractivity contribution in [2.75, 3.05) is 28.4 Å². The van der Waals surface area contributed by atoms with Crippen LogP contribution in [0.25, 0.3) is 12.2 Å². The highest BCUT2D eigenvalue weighted by Crippen LogP contribution is 2.39. The van der Waals surface area contributed by atoms with Crippen molar-refractivity contribution in [3.05, 3.63) is 46.5 Å². The summed E-state index contributed by atoms with van der Waals surface area (Å²) < 4.78 is 20.2. The fourth-order valence-corrected chi connectivity index (χ4v) is 2.84. The molecule has 0 radical (unpaired) electrons. The predicted molar refractivity (Wildman–Crippen MR) is 114 cm³/mol. The molecule has 0 heterocycles. The lowest BCUT2D eigenvalue weighted by Gasteiger charge is -2.12. The van der Waals surface area contributed by atoms with E-state index in [2.05, 4.69) is 0 Å². The van der Waals surface area contributed by atoms with Crippen molar-refractivity contribution in [3.63, 3.8) is 0 Å². The van der Waals surface area contributed by atoms with Crippen LogP contribution < -0.4 is 18.9 Å². The zero-order valence-electron chi connectivity index (χ0n) is 17.7. The van der Waals surface area contributed by atoms with E-state index in [4.69, 9.17) is 18.9 Å². The van der Waals surface area contributed by atoms with E-state index < -0.39 is 23.1 Å². The third-order valence-corrected chi connectivity index (χ3v) is 4.38. The average Bonchev–Trinajstić information content (AvgIpc) is 2.77. The number of aromatic hydroxyl groups is 2. The number of aliphatic carboxylic acids is 2. The Morgan fingerprint density at radius 2 is 0.875 bits per heavy atom. The zero-order chi connectivity index (χ0) is 24.0. The molecule has 0 unspecified atom stereocenters. The second-order valence-electron chi connectivity index (χ2n) is 6.27. The van der Waals surface area contributed by atoms with Crippen molar-refractivity contribution in [3.8, 4) is 34.5 Å². The maximum atomic E-state index is 11.9. The Morgan fingerprint density at radius 3 is 1.06 bits per heavy atom. The first-order valence-electron chi connectivity index (χ1n) is 8.97. The van der Waals surface area contributed by atoms with Gasteiger partial charge in [0.25, 0.3) is 0 Å². The number of carboxylic acid groups (broad SMARTS) is 2. The van der Waals surface area contributed by atoms with Crippen LogP contribution in [0.5, 0.6) is 34.5 Å². The van der Waals surface area contributed by atoms with E-state index in [0.29, 0.717) is 0 Å². The summed E-state index contributed by atoms with van der Waals surface area (Å²) in [5, 5.41) is 39.5. The topological polar surface area (TPSA) is 152 Å². The van der Waals surface area contributed by atoms with Crippen LogP contribution in [0.15, 0.2) is 35.4 Å². The molecule has 0 saturated heterocycles. The van der Waals surface area contributed by atoms with E-state index in [1.807, 2.05) is 0 Å². The molecule has 0 aliphatic rings. The molecule has 10 heteroatoms. The molecule has 0 spiro atoms. The van der Waals surface area contributed by atoms with Gasteiger partial charge in [-0.2, -0.15) is 0 Å². The Kier molecular flexibility index (Phi) is 7.56. The van der Waals surface area contributed by atoms with Gasteiger partial charge in [-0.25, -0.2) is 9.59 Å². The molecular formula is C22H22O10. The molecule has 4 N–H and O–H groups in total. The first-order valence-corrected chi connectivity index (χ1v) is 8.97. The van der Waals surface area contributed by atoms with Gasteiger partial charge < -0.3 is 39.4 Å². The first kappa shape index (κ1) is 23.9. The summed E-state index contributed by atoms with van der Waals surface area (Å²) in [5.41, 5.74) is -0.694. The summed E-state index contributed by atoms with van der Waals surface area (Å²) in [6.07, 6.45) is 2.20.